The molecule has 1 aromatic heterocycles. The van der Waals surface area contributed by atoms with Crippen LogP contribution < -0.4 is 5.32 Å². The monoisotopic (exact) mass is 320 g/mol. The molecule has 0 spiro atoms. The van der Waals surface area contributed by atoms with Gasteiger partial charge in [-0.2, -0.15) is 0 Å². The van der Waals surface area contributed by atoms with E-state index in [0.29, 0.717) is 23.9 Å². The Morgan fingerprint density at radius 1 is 1.48 bits per heavy atom. The van der Waals surface area contributed by atoms with Crippen LogP contribution in [0.5, 0.6) is 0 Å². The maximum absolute atomic E-state index is 12.0. The van der Waals surface area contributed by atoms with Crippen molar-refractivity contribution >= 4 is 11.8 Å². The van der Waals surface area contributed by atoms with E-state index in [0.717, 1.165) is 26.0 Å². The van der Waals surface area contributed by atoms with Gasteiger partial charge in [0.05, 0.1) is 12.7 Å². The van der Waals surface area contributed by atoms with Crippen molar-refractivity contribution in [3.05, 3.63) is 23.9 Å². The van der Waals surface area contributed by atoms with Gasteiger partial charge in [-0.3, -0.25) is 0 Å². The number of carbonyl (C=O) groups excluding carboxylic acids is 1. The van der Waals surface area contributed by atoms with E-state index >= 15 is 0 Å². The molecule has 0 aliphatic carbocycles. The Morgan fingerprint density at radius 2 is 2.26 bits per heavy atom. The quantitative estimate of drug-likeness (QED) is 0.841. The largest absolute Gasteiger partial charge is 0.462 e. The fraction of sp³-hybridized carbons (Fsp3) is 0.667. The highest BCUT2D eigenvalue weighted by Gasteiger charge is 2.35. The number of ether oxygens (including phenoxy) is 2. The van der Waals surface area contributed by atoms with Gasteiger partial charge in [0.25, 0.3) is 0 Å². The highest BCUT2D eigenvalue weighted by Crippen LogP contribution is 2.34. The average molecular weight is 320 g/mol. The summed E-state index contributed by atoms with van der Waals surface area (Å²) in [5.41, 5.74) is 0.583. The van der Waals surface area contributed by atoms with Crippen LogP contribution in [0, 0.1) is 11.3 Å². The molecule has 0 aromatic carbocycles. The zero-order chi connectivity index (χ0) is 16.9. The molecular formula is C18H28N2O3. The van der Waals surface area contributed by atoms with E-state index < -0.39 is 0 Å². The molecule has 2 heterocycles. The summed E-state index contributed by atoms with van der Waals surface area (Å²) in [6, 6.07) is 3.49. The van der Waals surface area contributed by atoms with Crippen LogP contribution in [0.4, 0.5) is 5.82 Å². The zero-order valence-corrected chi connectivity index (χ0v) is 14.6. The zero-order valence-electron chi connectivity index (χ0n) is 14.6. The minimum atomic E-state index is -0.338. The maximum Gasteiger partial charge on any atom is 0.341 e. The van der Waals surface area contributed by atoms with Crippen molar-refractivity contribution < 1.29 is 14.3 Å². The molecule has 1 aliphatic heterocycles. The third-order valence-electron chi connectivity index (χ3n) is 4.13. The van der Waals surface area contributed by atoms with Gasteiger partial charge in [-0.15, -0.1) is 0 Å². The molecule has 1 aromatic rings. The van der Waals surface area contributed by atoms with Crippen molar-refractivity contribution in [1.29, 1.82) is 0 Å². The standard InChI is InChI=1S/C18H28N2O3/c1-5-22-17(21)14-9-6-10-19-16(14)20-12-13-8-7-11-23-15(13)18(2,3)4/h6,9-10,13,15H,5,7-8,11-12H2,1-4H3,(H,19,20). The molecule has 2 unspecified atom stereocenters. The number of hydrogen-bond donors (Lipinski definition) is 1. The van der Waals surface area contributed by atoms with Gasteiger partial charge in [-0.1, -0.05) is 20.8 Å². The first-order chi connectivity index (χ1) is 10.9. The molecule has 1 fully saturated rings. The molecular weight excluding hydrogens is 292 g/mol. The molecule has 5 heteroatoms. The predicted molar refractivity (Wildman–Crippen MR) is 90.6 cm³/mol. The molecule has 0 amide bonds. The average Bonchev–Trinajstić information content (AvgIpc) is 2.53. The first-order valence-electron chi connectivity index (χ1n) is 8.41. The van der Waals surface area contributed by atoms with Gasteiger partial charge in [0.2, 0.25) is 0 Å². The van der Waals surface area contributed by atoms with E-state index in [-0.39, 0.29) is 17.5 Å². The van der Waals surface area contributed by atoms with Crippen molar-refractivity contribution in [2.45, 2.75) is 46.6 Å². The molecule has 0 bridgehead atoms. The molecule has 1 saturated heterocycles. The minimum Gasteiger partial charge on any atom is -0.462 e. The van der Waals surface area contributed by atoms with Crippen LogP contribution in [-0.4, -0.2) is 36.8 Å². The fourth-order valence-electron chi connectivity index (χ4n) is 3.16. The van der Waals surface area contributed by atoms with E-state index in [2.05, 4.69) is 31.1 Å². The first kappa shape index (κ1) is 17.7. The number of pyridine rings is 1. The number of esters is 1. The van der Waals surface area contributed by atoms with Gasteiger partial charge in [-0.05, 0) is 37.3 Å². The first-order valence-corrected chi connectivity index (χ1v) is 8.41. The number of carbonyl (C=O) groups is 1. The SMILES string of the molecule is CCOC(=O)c1cccnc1NCC1CCCOC1C(C)(C)C. The summed E-state index contributed by atoms with van der Waals surface area (Å²) in [5, 5.41) is 3.33. The second kappa shape index (κ2) is 7.77. The Kier molecular flexibility index (Phi) is 5.99. The Bertz CT molecular complexity index is 525. The lowest BCUT2D eigenvalue weighted by Crippen LogP contribution is -2.42. The third kappa shape index (κ3) is 4.67. The molecule has 2 atom stereocenters. The van der Waals surface area contributed by atoms with Gasteiger partial charge in [0, 0.05) is 25.3 Å². The maximum atomic E-state index is 12.0. The number of rotatable bonds is 5. The molecule has 23 heavy (non-hydrogen) atoms. The van der Waals surface area contributed by atoms with E-state index in [4.69, 9.17) is 9.47 Å². The van der Waals surface area contributed by atoms with E-state index in [1.165, 1.54) is 0 Å². The van der Waals surface area contributed by atoms with Crippen LogP contribution in [0.2, 0.25) is 0 Å². The summed E-state index contributed by atoms with van der Waals surface area (Å²) in [4.78, 5) is 16.3. The molecule has 1 N–H and O–H groups in total. The van der Waals surface area contributed by atoms with Crippen molar-refractivity contribution in [3.63, 3.8) is 0 Å². The van der Waals surface area contributed by atoms with Crippen LogP contribution >= 0.6 is 0 Å². The highest BCUT2D eigenvalue weighted by molar-refractivity contribution is 5.94. The molecule has 0 saturated carbocycles. The molecule has 0 radical (unpaired) electrons. The lowest BCUT2D eigenvalue weighted by Gasteiger charge is -2.40. The molecule has 128 valence electrons. The number of aromatic nitrogens is 1. The van der Waals surface area contributed by atoms with Crippen molar-refractivity contribution in [3.8, 4) is 0 Å². The van der Waals surface area contributed by atoms with Crippen LogP contribution in [0.15, 0.2) is 18.3 Å². The smallest absolute Gasteiger partial charge is 0.341 e. The van der Waals surface area contributed by atoms with Crippen LogP contribution in [0.25, 0.3) is 0 Å². The lowest BCUT2D eigenvalue weighted by atomic mass is 9.78. The van der Waals surface area contributed by atoms with E-state index in [1.807, 2.05) is 0 Å². The van der Waals surface area contributed by atoms with Crippen LogP contribution in [0.3, 0.4) is 0 Å². The Labute approximate surface area is 138 Å². The Hall–Kier alpha value is -1.62. The molecule has 1 aliphatic rings. The Balaban J connectivity index is 2.06. The lowest BCUT2D eigenvalue weighted by molar-refractivity contribution is -0.0814. The normalized spacial score (nSPS) is 21.7. The van der Waals surface area contributed by atoms with Gasteiger partial charge in [0.15, 0.2) is 0 Å². The Morgan fingerprint density at radius 3 is 2.96 bits per heavy atom. The summed E-state index contributed by atoms with van der Waals surface area (Å²) in [5.74, 6) is 0.653. The third-order valence-corrected chi connectivity index (χ3v) is 4.13. The van der Waals surface area contributed by atoms with Gasteiger partial charge in [0.1, 0.15) is 11.4 Å². The number of nitrogens with one attached hydrogen (secondary N) is 1. The summed E-state index contributed by atoms with van der Waals surface area (Å²) >= 11 is 0. The van der Waals surface area contributed by atoms with E-state index in [1.54, 1.807) is 25.3 Å². The van der Waals surface area contributed by atoms with E-state index in [9.17, 15) is 4.79 Å². The molecule has 5 nitrogen and oxygen atoms in total. The minimum absolute atomic E-state index is 0.0981. The number of anilines is 1. The number of hydrogen-bond acceptors (Lipinski definition) is 5. The second-order valence-electron chi connectivity index (χ2n) is 7.06. The van der Waals surface area contributed by atoms with Gasteiger partial charge in [-0.25, -0.2) is 9.78 Å². The topological polar surface area (TPSA) is 60.5 Å². The predicted octanol–water partition coefficient (Wildman–Crippen LogP) is 3.51. The van der Waals surface area contributed by atoms with Crippen molar-refractivity contribution in [2.24, 2.45) is 11.3 Å². The van der Waals surface area contributed by atoms with Gasteiger partial charge < -0.3 is 14.8 Å². The number of nitrogens with zero attached hydrogens (tertiary/aromatic N) is 1. The molecule has 2 rings (SSSR count). The van der Waals surface area contributed by atoms with Crippen LogP contribution in [-0.2, 0) is 9.47 Å². The van der Waals surface area contributed by atoms with Crippen molar-refractivity contribution in [1.82, 2.24) is 4.98 Å². The summed E-state index contributed by atoms with van der Waals surface area (Å²) < 4.78 is 11.1. The summed E-state index contributed by atoms with van der Waals surface area (Å²) in [6.45, 7) is 10.4. The summed E-state index contributed by atoms with van der Waals surface area (Å²) in [6.07, 6.45) is 4.09. The van der Waals surface area contributed by atoms with Gasteiger partial charge >= 0.3 is 5.97 Å². The fourth-order valence-corrected chi connectivity index (χ4v) is 3.16. The van der Waals surface area contributed by atoms with Crippen LogP contribution in [0.1, 0.15) is 50.9 Å². The highest BCUT2D eigenvalue weighted by atomic mass is 16.5. The van der Waals surface area contributed by atoms with Crippen molar-refractivity contribution in [2.75, 3.05) is 25.1 Å². The summed E-state index contributed by atoms with van der Waals surface area (Å²) in [7, 11) is 0. The second-order valence-corrected chi connectivity index (χ2v) is 7.06.